The lowest BCUT2D eigenvalue weighted by atomic mass is 10.2. The van der Waals surface area contributed by atoms with Crippen LogP contribution in [-0.2, 0) is 17.8 Å². The Bertz CT molecular complexity index is 849. The molecular weight excluding hydrogens is 370 g/mol. The lowest BCUT2D eigenvalue weighted by Crippen LogP contribution is -2.42. The number of nitrogens with zero attached hydrogens (tertiary/aromatic N) is 3. The fourth-order valence-electron chi connectivity index (χ4n) is 2.15. The van der Waals surface area contributed by atoms with Crippen molar-refractivity contribution in [2.75, 3.05) is 5.75 Å². The number of thiophene rings is 1. The van der Waals surface area contributed by atoms with Gasteiger partial charge in [0, 0.05) is 17.0 Å². The van der Waals surface area contributed by atoms with Crippen LogP contribution < -0.4 is 10.9 Å². The van der Waals surface area contributed by atoms with Crippen molar-refractivity contribution in [2.24, 2.45) is 0 Å². The number of amides is 2. The van der Waals surface area contributed by atoms with Gasteiger partial charge in [-0.15, -0.1) is 21.5 Å². The molecule has 7 nitrogen and oxygen atoms in total. The van der Waals surface area contributed by atoms with Gasteiger partial charge in [-0.25, -0.2) is 0 Å². The van der Waals surface area contributed by atoms with E-state index in [2.05, 4.69) is 27.1 Å². The Labute approximate surface area is 158 Å². The summed E-state index contributed by atoms with van der Waals surface area (Å²) in [4.78, 5) is 25.1. The van der Waals surface area contributed by atoms with Crippen LogP contribution in [0.1, 0.15) is 15.2 Å². The number of carbonyl (C=O) groups excluding carboxylic acids is 2. The summed E-state index contributed by atoms with van der Waals surface area (Å²) < 4.78 is 1.92. The van der Waals surface area contributed by atoms with E-state index in [4.69, 9.17) is 0 Å². The van der Waals surface area contributed by atoms with Crippen LogP contribution in [-0.4, -0.2) is 32.3 Å². The van der Waals surface area contributed by atoms with Gasteiger partial charge in [-0.05, 0) is 30.0 Å². The summed E-state index contributed by atoms with van der Waals surface area (Å²) in [6, 6.07) is 12.8. The van der Waals surface area contributed by atoms with Crippen LogP contribution in [0, 0.1) is 0 Å². The molecule has 134 valence electrons. The van der Waals surface area contributed by atoms with Crippen LogP contribution in [0.15, 0.2) is 59.3 Å². The lowest BCUT2D eigenvalue weighted by Gasteiger charge is -2.08. The van der Waals surface area contributed by atoms with Gasteiger partial charge in [-0.1, -0.05) is 36.0 Å². The van der Waals surface area contributed by atoms with Gasteiger partial charge in [0.15, 0.2) is 5.16 Å². The van der Waals surface area contributed by atoms with E-state index >= 15 is 0 Å². The number of benzene rings is 1. The number of carbonyl (C=O) groups is 2. The third-order valence-electron chi connectivity index (χ3n) is 3.44. The molecule has 0 aliphatic carbocycles. The summed E-state index contributed by atoms with van der Waals surface area (Å²) in [5, 5.41) is 10.7. The average Bonchev–Trinajstić information content (AvgIpc) is 3.35. The van der Waals surface area contributed by atoms with Crippen LogP contribution in [0.2, 0.25) is 0 Å². The van der Waals surface area contributed by atoms with E-state index in [0.29, 0.717) is 10.7 Å². The molecule has 0 fully saturated rings. The highest BCUT2D eigenvalue weighted by atomic mass is 32.2. The topological polar surface area (TPSA) is 88.9 Å². The van der Waals surface area contributed by atoms with E-state index in [1.54, 1.807) is 41.9 Å². The molecule has 0 spiro atoms. The third-order valence-corrected chi connectivity index (χ3v) is 5.36. The van der Waals surface area contributed by atoms with Gasteiger partial charge in [0.1, 0.15) is 6.33 Å². The highest BCUT2D eigenvalue weighted by Crippen LogP contribution is 2.16. The molecule has 2 amide bonds. The molecule has 0 bridgehead atoms. The number of thioether (sulfide) groups is 1. The van der Waals surface area contributed by atoms with Crippen LogP contribution >= 0.6 is 23.1 Å². The molecule has 0 aliphatic rings. The Morgan fingerprint density at radius 2 is 1.96 bits per heavy atom. The summed E-state index contributed by atoms with van der Waals surface area (Å²) >= 11 is 2.99. The summed E-state index contributed by atoms with van der Waals surface area (Å²) in [6.45, 7) is 0.752. The minimum Gasteiger partial charge on any atom is -0.308 e. The number of hydrogen-bond acceptors (Lipinski definition) is 6. The normalized spacial score (nSPS) is 10.5. The molecule has 9 heteroatoms. The Hall–Kier alpha value is -2.65. The van der Waals surface area contributed by atoms with Crippen LogP contribution in [0.5, 0.6) is 0 Å². The number of nitrogens with one attached hydrogen (secondary N) is 2. The molecule has 2 aromatic heterocycles. The van der Waals surface area contributed by atoms with Gasteiger partial charge in [0.25, 0.3) is 5.91 Å². The largest absolute Gasteiger partial charge is 0.308 e. The van der Waals surface area contributed by atoms with Crippen LogP contribution in [0.25, 0.3) is 0 Å². The number of rotatable bonds is 7. The van der Waals surface area contributed by atoms with Crippen molar-refractivity contribution in [1.82, 2.24) is 25.6 Å². The summed E-state index contributed by atoms with van der Waals surface area (Å²) in [5.74, 6) is -0.539. The molecule has 3 rings (SSSR count). The van der Waals surface area contributed by atoms with E-state index in [1.165, 1.54) is 16.6 Å². The van der Waals surface area contributed by atoms with Crippen molar-refractivity contribution in [1.29, 1.82) is 0 Å². The van der Waals surface area contributed by atoms with Crippen molar-refractivity contribution in [2.45, 2.75) is 18.1 Å². The predicted molar refractivity (Wildman–Crippen MR) is 101 cm³/mol. The first-order chi connectivity index (χ1) is 12.7. The van der Waals surface area contributed by atoms with Gasteiger partial charge in [0.05, 0.1) is 5.75 Å². The van der Waals surface area contributed by atoms with Crippen LogP contribution in [0.4, 0.5) is 0 Å². The maximum absolute atomic E-state index is 11.9. The smallest absolute Gasteiger partial charge is 0.269 e. The summed E-state index contributed by atoms with van der Waals surface area (Å²) in [7, 11) is 0. The minimum absolute atomic E-state index is 0.132. The molecular formula is C17H17N5O2S2. The fraction of sp³-hybridized carbons (Fsp3) is 0.176. The highest BCUT2D eigenvalue weighted by molar-refractivity contribution is 7.99. The quantitative estimate of drug-likeness (QED) is 0.479. The maximum Gasteiger partial charge on any atom is 0.269 e. The molecule has 0 saturated carbocycles. The SMILES string of the molecule is O=C(CSc1nncn1CCc1cccs1)NNC(=O)c1ccccc1. The number of aromatic nitrogens is 3. The summed E-state index contributed by atoms with van der Waals surface area (Å²) in [6.07, 6.45) is 2.55. The first-order valence-corrected chi connectivity index (χ1v) is 9.76. The first kappa shape index (κ1) is 18.2. The average molecular weight is 387 g/mol. The molecule has 26 heavy (non-hydrogen) atoms. The molecule has 1 aromatic carbocycles. The third kappa shape index (κ3) is 5.17. The second-order valence-corrected chi connectivity index (χ2v) is 7.27. The lowest BCUT2D eigenvalue weighted by molar-refractivity contribution is -0.119. The van der Waals surface area contributed by atoms with Gasteiger partial charge in [0.2, 0.25) is 5.91 Å². The molecule has 0 radical (unpaired) electrons. The molecule has 0 atom stereocenters. The zero-order valence-corrected chi connectivity index (χ0v) is 15.4. The Morgan fingerprint density at radius 1 is 1.12 bits per heavy atom. The van der Waals surface area contributed by atoms with Crippen molar-refractivity contribution in [3.05, 3.63) is 64.6 Å². The Balaban J connectivity index is 1.43. The van der Waals surface area contributed by atoms with E-state index in [0.717, 1.165) is 13.0 Å². The van der Waals surface area contributed by atoms with Gasteiger partial charge < -0.3 is 4.57 Å². The molecule has 3 aromatic rings. The van der Waals surface area contributed by atoms with E-state index in [1.807, 2.05) is 22.1 Å². The zero-order chi connectivity index (χ0) is 18.2. The van der Waals surface area contributed by atoms with E-state index < -0.39 is 0 Å². The van der Waals surface area contributed by atoms with E-state index in [-0.39, 0.29) is 17.6 Å². The van der Waals surface area contributed by atoms with Gasteiger partial charge in [-0.2, -0.15) is 0 Å². The molecule has 0 aliphatic heterocycles. The maximum atomic E-state index is 11.9. The van der Waals surface area contributed by atoms with Crippen molar-refractivity contribution >= 4 is 34.9 Å². The predicted octanol–water partition coefficient (Wildman–Crippen LogP) is 2.14. The second kappa shape index (κ2) is 9.16. The van der Waals surface area contributed by atoms with E-state index in [9.17, 15) is 9.59 Å². The molecule has 0 unspecified atom stereocenters. The number of hydrazine groups is 1. The number of aryl methyl sites for hydroxylation is 2. The monoisotopic (exact) mass is 387 g/mol. The Morgan fingerprint density at radius 3 is 2.73 bits per heavy atom. The summed E-state index contributed by atoms with van der Waals surface area (Å²) in [5.41, 5.74) is 5.28. The van der Waals surface area contributed by atoms with Gasteiger partial charge >= 0.3 is 0 Å². The highest BCUT2D eigenvalue weighted by Gasteiger charge is 2.10. The second-order valence-electron chi connectivity index (χ2n) is 5.29. The standard InChI is InChI=1S/C17H17N5O2S2/c23-15(19-20-16(24)13-5-2-1-3-6-13)11-26-17-21-18-12-22(17)9-8-14-7-4-10-25-14/h1-7,10,12H,8-9,11H2,(H,19,23)(H,20,24). The van der Waals surface area contributed by atoms with Crippen LogP contribution in [0.3, 0.4) is 0 Å². The first-order valence-electron chi connectivity index (χ1n) is 7.89. The fourth-order valence-corrected chi connectivity index (χ4v) is 3.59. The zero-order valence-electron chi connectivity index (χ0n) is 13.8. The van der Waals surface area contributed by atoms with Crippen molar-refractivity contribution in [3.63, 3.8) is 0 Å². The van der Waals surface area contributed by atoms with Gasteiger partial charge in [-0.3, -0.25) is 20.4 Å². The van der Waals surface area contributed by atoms with Crippen molar-refractivity contribution in [3.8, 4) is 0 Å². The molecule has 2 heterocycles. The Kier molecular flexibility index (Phi) is 6.39. The molecule has 0 saturated heterocycles. The van der Waals surface area contributed by atoms with Crippen molar-refractivity contribution < 1.29 is 9.59 Å². The molecule has 2 N–H and O–H groups in total. The minimum atomic E-state index is -0.358. The number of hydrogen-bond donors (Lipinski definition) is 2.